The topological polar surface area (TPSA) is 66.4 Å². The number of hydrogen-bond donors (Lipinski definition) is 2. The third-order valence-electron chi connectivity index (χ3n) is 3.49. The van der Waals surface area contributed by atoms with Crippen LogP contribution in [0.5, 0.6) is 5.75 Å². The molecule has 1 saturated carbocycles. The number of sulfonamides is 1. The first-order chi connectivity index (χ1) is 8.50. The quantitative estimate of drug-likeness (QED) is 0.829. The molecule has 2 rings (SSSR count). The Hall–Kier alpha value is -1.23. The SMILES string of the molecule is Cc1cccc(O)c1NS(=O)(=O)C1CCCCC1. The van der Waals surface area contributed by atoms with E-state index in [-0.39, 0.29) is 11.0 Å². The molecule has 0 spiro atoms. The fourth-order valence-corrected chi connectivity index (χ4v) is 4.06. The van der Waals surface area contributed by atoms with Crippen LogP contribution >= 0.6 is 0 Å². The molecule has 0 saturated heterocycles. The Labute approximate surface area is 108 Å². The van der Waals surface area contributed by atoms with Gasteiger partial charge in [0.05, 0.1) is 10.9 Å². The number of aryl methyl sites for hydroxylation is 1. The van der Waals surface area contributed by atoms with Gasteiger partial charge in [-0.25, -0.2) is 8.42 Å². The number of benzene rings is 1. The molecular weight excluding hydrogens is 250 g/mol. The van der Waals surface area contributed by atoms with Gasteiger partial charge in [0, 0.05) is 0 Å². The molecule has 0 radical (unpaired) electrons. The average molecular weight is 269 g/mol. The van der Waals surface area contributed by atoms with E-state index < -0.39 is 10.0 Å². The Morgan fingerprint density at radius 3 is 2.50 bits per heavy atom. The predicted octanol–water partition coefficient (Wildman–Crippen LogP) is 2.78. The van der Waals surface area contributed by atoms with Gasteiger partial charge in [-0.3, -0.25) is 4.72 Å². The summed E-state index contributed by atoms with van der Waals surface area (Å²) in [5.74, 6) is -0.0191. The third-order valence-corrected chi connectivity index (χ3v) is 5.32. The number of para-hydroxylation sites is 1. The highest BCUT2D eigenvalue weighted by atomic mass is 32.2. The summed E-state index contributed by atoms with van der Waals surface area (Å²) >= 11 is 0. The van der Waals surface area contributed by atoms with Crippen molar-refractivity contribution < 1.29 is 13.5 Å². The van der Waals surface area contributed by atoms with Gasteiger partial charge in [-0.2, -0.15) is 0 Å². The average Bonchev–Trinajstić information content (AvgIpc) is 2.35. The van der Waals surface area contributed by atoms with Crippen molar-refractivity contribution in [2.75, 3.05) is 4.72 Å². The molecule has 1 aliphatic rings. The molecule has 1 fully saturated rings. The van der Waals surface area contributed by atoms with Gasteiger partial charge in [0.25, 0.3) is 0 Å². The van der Waals surface area contributed by atoms with E-state index >= 15 is 0 Å². The van der Waals surface area contributed by atoms with E-state index in [0.717, 1.165) is 24.8 Å². The van der Waals surface area contributed by atoms with Crippen molar-refractivity contribution in [2.24, 2.45) is 0 Å². The molecule has 18 heavy (non-hydrogen) atoms. The van der Waals surface area contributed by atoms with Crippen molar-refractivity contribution in [3.63, 3.8) is 0 Å². The van der Waals surface area contributed by atoms with Crippen LogP contribution < -0.4 is 4.72 Å². The lowest BCUT2D eigenvalue weighted by atomic mass is 10.0. The zero-order valence-corrected chi connectivity index (χ0v) is 11.3. The molecule has 1 aromatic carbocycles. The second kappa shape index (κ2) is 5.18. The number of hydrogen-bond acceptors (Lipinski definition) is 3. The zero-order chi connectivity index (χ0) is 13.2. The van der Waals surface area contributed by atoms with Crippen molar-refractivity contribution in [3.05, 3.63) is 23.8 Å². The van der Waals surface area contributed by atoms with Crippen molar-refractivity contribution in [2.45, 2.75) is 44.3 Å². The molecule has 0 aliphatic heterocycles. The van der Waals surface area contributed by atoms with Gasteiger partial charge >= 0.3 is 0 Å². The number of phenols is 1. The van der Waals surface area contributed by atoms with Crippen LogP contribution in [0.2, 0.25) is 0 Å². The standard InChI is InChI=1S/C13H19NO3S/c1-10-6-5-9-12(15)13(10)14-18(16,17)11-7-3-2-4-8-11/h5-6,9,11,14-15H,2-4,7-8H2,1H3. The minimum absolute atomic E-state index is 0.0191. The summed E-state index contributed by atoms with van der Waals surface area (Å²) in [4.78, 5) is 0. The van der Waals surface area contributed by atoms with E-state index in [1.165, 1.54) is 6.07 Å². The first-order valence-electron chi connectivity index (χ1n) is 6.31. The monoisotopic (exact) mass is 269 g/mol. The second-order valence-corrected chi connectivity index (χ2v) is 6.84. The maximum atomic E-state index is 12.2. The van der Waals surface area contributed by atoms with E-state index in [4.69, 9.17) is 0 Å². The molecule has 0 heterocycles. The van der Waals surface area contributed by atoms with E-state index in [9.17, 15) is 13.5 Å². The van der Waals surface area contributed by atoms with Crippen LogP contribution in [0.25, 0.3) is 0 Å². The molecular formula is C13H19NO3S. The highest BCUT2D eigenvalue weighted by Crippen LogP contribution is 2.31. The summed E-state index contributed by atoms with van der Waals surface area (Å²) in [5.41, 5.74) is 1.04. The highest BCUT2D eigenvalue weighted by molar-refractivity contribution is 7.93. The number of aromatic hydroxyl groups is 1. The largest absolute Gasteiger partial charge is 0.506 e. The summed E-state index contributed by atoms with van der Waals surface area (Å²) in [5, 5.41) is 9.40. The summed E-state index contributed by atoms with van der Waals surface area (Å²) in [6.07, 6.45) is 4.46. The van der Waals surface area contributed by atoms with Gasteiger partial charge < -0.3 is 5.11 Å². The second-order valence-electron chi connectivity index (χ2n) is 4.88. The van der Waals surface area contributed by atoms with Gasteiger partial charge in [0.15, 0.2) is 0 Å². The molecule has 5 heteroatoms. The van der Waals surface area contributed by atoms with Crippen molar-refractivity contribution in [1.82, 2.24) is 0 Å². The minimum atomic E-state index is -3.39. The Morgan fingerprint density at radius 2 is 1.89 bits per heavy atom. The van der Waals surface area contributed by atoms with Crippen molar-refractivity contribution in [3.8, 4) is 5.75 Å². The summed E-state index contributed by atoms with van der Waals surface area (Å²) in [7, 11) is -3.39. The first kappa shape index (κ1) is 13.2. The van der Waals surface area contributed by atoms with Gasteiger partial charge in [-0.05, 0) is 31.4 Å². The Balaban J connectivity index is 2.22. The van der Waals surface area contributed by atoms with Crippen molar-refractivity contribution in [1.29, 1.82) is 0 Å². The van der Waals surface area contributed by atoms with Crippen LogP contribution in [-0.4, -0.2) is 18.8 Å². The zero-order valence-electron chi connectivity index (χ0n) is 10.5. The number of phenolic OH excluding ortho intramolecular Hbond substituents is 1. The Morgan fingerprint density at radius 1 is 1.22 bits per heavy atom. The minimum Gasteiger partial charge on any atom is -0.506 e. The van der Waals surface area contributed by atoms with Gasteiger partial charge in [0.2, 0.25) is 10.0 Å². The summed E-state index contributed by atoms with van der Waals surface area (Å²) in [6, 6.07) is 4.97. The number of rotatable bonds is 3. The highest BCUT2D eigenvalue weighted by Gasteiger charge is 2.28. The Bertz CT molecular complexity index is 499. The summed E-state index contributed by atoms with van der Waals surface area (Å²) in [6.45, 7) is 1.78. The molecule has 0 bridgehead atoms. The van der Waals surface area contributed by atoms with Crippen LogP contribution in [0, 0.1) is 6.92 Å². The lowest BCUT2D eigenvalue weighted by Crippen LogP contribution is -2.30. The fraction of sp³-hybridized carbons (Fsp3) is 0.538. The van der Waals surface area contributed by atoms with Crippen LogP contribution in [-0.2, 0) is 10.0 Å². The first-order valence-corrected chi connectivity index (χ1v) is 7.85. The molecule has 1 aliphatic carbocycles. The van der Waals surface area contributed by atoms with Crippen LogP contribution in [0.15, 0.2) is 18.2 Å². The van der Waals surface area contributed by atoms with Gasteiger partial charge in [-0.1, -0.05) is 31.4 Å². The molecule has 0 atom stereocenters. The molecule has 0 aromatic heterocycles. The van der Waals surface area contributed by atoms with Crippen LogP contribution in [0.3, 0.4) is 0 Å². The lowest BCUT2D eigenvalue weighted by molar-refractivity contribution is 0.475. The third kappa shape index (κ3) is 2.77. The molecule has 0 amide bonds. The van der Waals surface area contributed by atoms with E-state index in [0.29, 0.717) is 18.5 Å². The number of nitrogens with one attached hydrogen (secondary N) is 1. The van der Waals surface area contributed by atoms with Gasteiger partial charge in [0.1, 0.15) is 5.75 Å². The fourth-order valence-electron chi connectivity index (χ4n) is 2.39. The van der Waals surface area contributed by atoms with Crippen LogP contribution in [0.1, 0.15) is 37.7 Å². The number of anilines is 1. The normalized spacial score (nSPS) is 17.6. The van der Waals surface area contributed by atoms with E-state index in [2.05, 4.69) is 4.72 Å². The predicted molar refractivity (Wildman–Crippen MR) is 72.3 cm³/mol. The molecule has 100 valence electrons. The lowest BCUT2D eigenvalue weighted by Gasteiger charge is -2.23. The maximum Gasteiger partial charge on any atom is 0.235 e. The Kier molecular flexibility index (Phi) is 3.80. The van der Waals surface area contributed by atoms with Crippen molar-refractivity contribution >= 4 is 15.7 Å². The van der Waals surface area contributed by atoms with E-state index in [1.807, 2.05) is 0 Å². The smallest absolute Gasteiger partial charge is 0.235 e. The van der Waals surface area contributed by atoms with E-state index in [1.54, 1.807) is 19.1 Å². The molecule has 2 N–H and O–H groups in total. The molecule has 0 unspecified atom stereocenters. The summed E-state index contributed by atoms with van der Waals surface area (Å²) < 4.78 is 27.0. The maximum absolute atomic E-state index is 12.2. The van der Waals surface area contributed by atoms with Gasteiger partial charge in [-0.15, -0.1) is 0 Å². The molecule has 1 aromatic rings. The van der Waals surface area contributed by atoms with Crippen LogP contribution in [0.4, 0.5) is 5.69 Å². The molecule has 4 nitrogen and oxygen atoms in total.